The predicted octanol–water partition coefficient (Wildman–Crippen LogP) is 7.20. The van der Waals surface area contributed by atoms with Crippen LogP contribution in [0.2, 0.25) is 0 Å². The van der Waals surface area contributed by atoms with Crippen molar-refractivity contribution in [1.82, 2.24) is 0 Å². The number of methoxy groups -OCH3 is 4. The Hall–Kier alpha value is -6.64. The van der Waals surface area contributed by atoms with E-state index in [1.807, 2.05) is 79.7 Å². The molecule has 0 bridgehead atoms. The third-order valence-electron chi connectivity index (χ3n) is 14.8. The minimum Gasteiger partial charge on any atom is -0.747 e. The number of nitrogens with zero attached hydrogens (tertiary/aromatic N) is 4. The summed E-state index contributed by atoms with van der Waals surface area (Å²) in [6, 6.07) is 21.0. The van der Waals surface area contributed by atoms with Gasteiger partial charge in [-0.3, -0.25) is 0 Å². The molecule has 0 amide bonds. The number of hydrogen-bond acceptors (Lipinski definition) is 18. The van der Waals surface area contributed by atoms with Crippen LogP contribution < -0.4 is 28.7 Å². The van der Waals surface area contributed by atoms with Crippen LogP contribution in [0.4, 0.5) is 22.7 Å². The lowest BCUT2D eigenvalue weighted by Gasteiger charge is -2.27. The van der Waals surface area contributed by atoms with E-state index >= 15 is 0 Å². The highest BCUT2D eigenvalue weighted by Gasteiger charge is 2.47. The summed E-state index contributed by atoms with van der Waals surface area (Å²) in [4.78, 5) is 2.95. The molecule has 0 saturated heterocycles. The van der Waals surface area contributed by atoms with Gasteiger partial charge in [0.1, 0.15) is 55.0 Å². The Morgan fingerprint density at radius 2 is 0.750 bits per heavy atom. The Balaban J connectivity index is 0.000000231. The topological polar surface area (TPSA) is 278 Å². The van der Waals surface area contributed by atoms with Gasteiger partial charge in [-0.05, 0) is 112 Å². The van der Waals surface area contributed by atoms with Gasteiger partial charge in [-0.25, -0.2) is 33.7 Å². The third-order valence-corrected chi connectivity index (χ3v) is 17.1. The number of ether oxygens (including phenoxy) is 4. The summed E-state index contributed by atoms with van der Waals surface area (Å²) in [6.45, 7) is 15.4. The molecule has 4 aliphatic rings. The van der Waals surface area contributed by atoms with Crippen LogP contribution in [0.25, 0.3) is 0 Å². The van der Waals surface area contributed by atoms with Crippen molar-refractivity contribution in [3.8, 4) is 23.0 Å². The van der Waals surface area contributed by atoms with Crippen molar-refractivity contribution in [3.05, 3.63) is 155 Å². The Morgan fingerprint density at radius 1 is 0.425 bits per heavy atom. The molecule has 430 valence electrons. The zero-order chi connectivity index (χ0) is 59.3. The molecule has 4 aromatic carbocycles. The first-order valence-corrected chi connectivity index (χ1v) is 31.1. The maximum Gasteiger partial charge on any atom is 0.237 e. The maximum atomic E-state index is 11.8. The number of anilines is 2. The first kappa shape index (κ1) is 61.0. The molecule has 0 atom stereocenters. The van der Waals surface area contributed by atoms with E-state index in [1.54, 1.807) is 111 Å². The molecule has 0 spiro atoms. The fourth-order valence-electron chi connectivity index (χ4n) is 10.9. The van der Waals surface area contributed by atoms with Crippen molar-refractivity contribution in [2.24, 2.45) is 0 Å². The molecule has 4 heterocycles. The van der Waals surface area contributed by atoms with Gasteiger partial charge in [0, 0.05) is 69.0 Å². The summed E-state index contributed by atoms with van der Waals surface area (Å²) in [5.74, 6) is -0.562. The van der Waals surface area contributed by atoms with Crippen LogP contribution in [0, 0.1) is 0 Å². The van der Waals surface area contributed by atoms with Gasteiger partial charge < -0.3 is 47.0 Å². The fraction of sp³-hybridized carbons (Fsp3) is 0.357. The summed E-state index contributed by atoms with van der Waals surface area (Å²) >= 11 is 0. The van der Waals surface area contributed by atoms with Crippen LogP contribution in [0.15, 0.2) is 133 Å². The molecule has 24 heteroatoms. The molecule has 0 unspecified atom stereocenters. The number of benzene rings is 4. The van der Waals surface area contributed by atoms with E-state index in [2.05, 4.69) is 0 Å². The summed E-state index contributed by atoms with van der Waals surface area (Å²) < 4.78 is 166. The summed E-state index contributed by atoms with van der Waals surface area (Å²) in [5, 5.41) is 0. The second-order valence-electron chi connectivity index (χ2n) is 21.5. The van der Waals surface area contributed by atoms with Crippen molar-refractivity contribution < 1.29 is 80.0 Å². The van der Waals surface area contributed by atoms with E-state index < -0.39 is 85.6 Å². The van der Waals surface area contributed by atoms with Crippen molar-refractivity contribution in [2.75, 3.05) is 61.7 Å². The average Bonchev–Trinajstić information content (AvgIpc) is 3.86. The molecule has 0 N–H and O–H groups in total. The lowest BCUT2D eigenvalue weighted by atomic mass is 9.81. The number of hydrogen-bond donors (Lipinski definition) is 0. The minimum absolute atomic E-state index is 0.556. The Bertz CT molecular complexity index is 3850. The van der Waals surface area contributed by atoms with Gasteiger partial charge in [0.2, 0.25) is 23.1 Å². The number of rotatable bonds is 17. The molecular weight excluding hydrogens is 1110 g/mol. The summed E-state index contributed by atoms with van der Waals surface area (Å²) in [7, 11) is -12.3. The highest BCUT2D eigenvalue weighted by atomic mass is 32.2. The largest absolute Gasteiger partial charge is 0.747 e. The Labute approximate surface area is 469 Å². The van der Waals surface area contributed by atoms with Gasteiger partial charge in [0.25, 0.3) is 0 Å². The Morgan fingerprint density at radius 3 is 1.09 bits per heavy atom. The summed E-state index contributed by atoms with van der Waals surface area (Å²) in [6.07, 6.45) is 13.7. The molecule has 0 radical (unpaired) electrons. The van der Waals surface area contributed by atoms with E-state index in [0.717, 1.165) is 22.3 Å². The van der Waals surface area contributed by atoms with Crippen LogP contribution in [0.5, 0.6) is 23.0 Å². The molecule has 0 aliphatic carbocycles. The normalized spacial score (nSPS) is 19.0. The monoisotopic (exact) mass is 1180 g/mol. The van der Waals surface area contributed by atoms with Crippen LogP contribution in [-0.4, -0.2) is 124 Å². The highest BCUT2D eigenvalue weighted by Crippen LogP contribution is 2.51. The Kier molecular flexibility index (Phi) is 16.8. The highest BCUT2D eigenvalue weighted by molar-refractivity contribution is 7.86. The van der Waals surface area contributed by atoms with E-state index in [-0.39, 0.29) is 0 Å². The van der Waals surface area contributed by atoms with Gasteiger partial charge in [-0.15, -0.1) is 0 Å². The average molecular weight is 1180 g/mol. The van der Waals surface area contributed by atoms with E-state index in [9.17, 15) is 51.9 Å². The lowest BCUT2D eigenvalue weighted by molar-refractivity contribution is -0.416. The summed E-state index contributed by atoms with van der Waals surface area (Å²) in [5.41, 5.74) is 5.27. The van der Waals surface area contributed by atoms with Crippen LogP contribution >= 0.6 is 0 Å². The van der Waals surface area contributed by atoms with Gasteiger partial charge in [-0.1, -0.05) is 52.0 Å². The SMILES string of the molecule is COc1ccc2c(c1)C(C)(C)C(=CC=CC1=[N+](CS(=O)(=O)[O-])c3ccc(OC)cc3C1(C)C)N2CS(=O)(=O)[O-].COc1ccc2c(c1)C(C)(C)C(=CC=CC=CC1=[N+](CS(=O)(=O)[O-])c3ccc(OC)cc3C1(C)C)N2CS(=O)(=O)[O-]. The van der Waals surface area contributed by atoms with Crippen LogP contribution in [0.1, 0.15) is 77.6 Å². The van der Waals surface area contributed by atoms with E-state index in [4.69, 9.17) is 18.9 Å². The lowest BCUT2D eigenvalue weighted by Crippen LogP contribution is -2.31. The van der Waals surface area contributed by atoms with Crippen molar-refractivity contribution in [3.63, 3.8) is 0 Å². The predicted molar refractivity (Wildman–Crippen MR) is 301 cm³/mol. The molecule has 0 fully saturated rings. The second kappa shape index (κ2) is 22.0. The van der Waals surface area contributed by atoms with Crippen LogP contribution in [0.3, 0.4) is 0 Å². The standard InChI is InChI=1S/C29H34N2O8S2.C27H32N2O8S2/c1-28(2)22-16-20(38-5)12-14-24(22)30(18-40(32,33)34)26(28)10-8-7-9-11-27-29(3,4)23-17-21(39-6)13-15-25(23)31(27)19-41(35,36)37;1-26(2)20-14-18(36-5)10-12-22(20)28(16-38(30,31)32)24(26)8-7-9-25-27(3,4)21-15-19(37-6)11-13-23(21)29(25)17-39(33,34)35/h7-17H,18-19H2,1-6H3,(H-,32,33,34,35,36,37);7-15H,16-17H2,1-6H3,(H-,30,31,32,33,34,35)/p-2. The van der Waals surface area contributed by atoms with Gasteiger partial charge in [0.05, 0.1) is 39.3 Å². The molecular formula is C56H64N4O16S4-2. The molecule has 80 heavy (non-hydrogen) atoms. The molecule has 0 saturated carbocycles. The molecule has 8 rings (SSSR count). The fourth-order valence-corrected chi connectivity index (χ4v) is 13.3. The molecule has 4 aliphatic heterocycles. The van der Waals surface area contributed by atoms with Crippen molar-refractivity contribution in [2.45, 2.75) is 77.0 Å². The number of fused-ring (bicyclic) bond motifs is 4. The molecule has 0 aromatic heterocycles. The molecule has 20 nitrogen and oxygen atoms in total. The number of allylic oxidation sites excluding steroid dienone is 10. The second-order valence-corrected chi connectivity index (χ2v) is 27.0. The van der Waals surface area contributed by atoms with Crippen molar-refractivity contribution >= 4 is 74.6 Å². The minimum atomic E-state index is -4.63. The van der Waals surface area contributed by atoms with Crippen LogP contribution in [-0.2, 0) is 62.1 Å². The maximum absolute atomic E-state index is 11.8. The van der Waals surface area contributed by atoms with Crippen molar-refractivity contribution in [1.29, 1.82) is 0 Å². The first-order chi connectivity index (χ1) is 37.0. The zero-order valence-electron chi connectivity index (χ0n) is 46.3. The van der Waals surface area contributed by atoms with E-state index in [0.29, 0.717) is 68.6 Å². The van der Waals surface area contributed by atoms with Gasteiger partial charge >= 0.3 is 0 Å². The zero-order valence-corrected chi connectivity index (χ0v) is 49.6. The quantitative estimate of drug-likeness (QED) is 0.0574. The van der Waals surface area contributed by atoms with Gasteiger partial charge in [-0.2, -0.15) is 9.15 Å². The van der Waals surface area contributed by atoms with Gasteiger partial charge in [0.15, 0.2) is 31.7 Å². The first-order valence-electron chi connectivity index (χ1n) is 24.8. The smallest absolute Gasteiger partial charge is 0.237 e. The van der Waals surface area contributed by atoms with E-state index in [1.165, 1.54) is 33.2 Å². The third kappa shape index (κ3) is 12.6. The molecule has 4 aromatic rings.